The zero-order valence-electron chi connectivity index (χ0n) is 14.1. The summed E-state index contributed by atoms with van der Waals surface area (Å²) in [6, 6.07) is 6.12. The summed E-state index contributed by atoms with van der Waals surface area (Å²) in [5, 5.41) is 15.6. The van der Waals surface area contributed by atoms with Crippen molar-refractivity contribution >= 4 is 22.7 Å². The first kappa shape index (κ1) is 16.9. The maximum absolute atomic E-state index is 12.7. The lowest BCUT2D eigenvalue weighted by Gasteiger charge is -2.08. The SMILES string of the molecule is O=C1OCCC1CCn1cnc2c(cnn2-c2ccccc2[N+](=O)[O-])c1=O. The minimum Gasteiger partial charge on any atom is -0.465 e. The quantitative estimate of drug-likeness (QED) is 0.379. The minimum atomic E-state index is -0.509. The molecule has 1 fully saturated rings. The van der Waals surface area contributed by atoms with E-state index in [0.717, 1.165) is 0 Å². The summed E-state index contributed by atoms with van der Waals surface area (Å²) in [6.45, 7) is 0.747. The van der Waals surface area contributed by atoms with Gasteiger partial charge in [0.2, 0.25) is 0 Å². The summed E-state index contributed by atoms with van der Waals surface area (Å²) in [4.78, 5) is 39.3. The lowest BCUT2D eigenvalue weighted by Crippen LogP contribution is -2.22. The molecular formula is C17H15N5O5. The molecule has 3 aromatic rings. The van der Waals surface area contributed by atoms with Crippen molar-refractivity contribution in [1.82, 2.24) is 19.3 Å². The standard InChI is InChI=1S/C17H15N5O5/c23-16-12-9-19-21(13-3-1-2-4-14(13)22(25)26)15(12)18-10-20(16)7-5-11-6-8-27-17(11)24/h1-4,9-11H,5-8H2. The second-order valence-corrected chi connectivity index (χ2v) is 6.22. The Bertz CT molecular complexity index is 1100. The molecule has 1 atom stereocenters. The first-order chi connectivity index (χ1) is 13.1. The number of ether oxygens (including phenoxy) is 1. The maximum atomic E-state index is 12.7. The van der Waals surface area contributed by atoms with E-state index in [9.17, 15) is 19.7 Å². The number of para-hydroxylation sites is 2. The van der Waals surface area contributed by atoms with Crippen LogP contribution in [0.25, 0.3) is 16.7 Å². The Balaban J connectivity index is 1.69. The molecule has 0 bridgehead atoms. The molecule has 1 saturated heterocycles. The fraction of sp³-hybridized carbons (Fsp3) is 0.294. The zero-order chi connectivity index (χ0) is 19.0. The van der Waals surface area contributed by atoms with Crippen molar-refractivity contribution in [3.8, 4) is 5.69 Å². The van der Waals surface area contributed by atoms with E-state index in [0.29, 0.717) is 26.0 Å². The van der Waals surface area contributed by atoms with E-state index >= 15 is 0 Å². The number of hydrogen-bond acceptors (Lipinski definition) is 7. The van der Waals surface area contributed by atoms with Crippen molar-refractivity contribution in [2.75, 3.05) is 6.61 Å². The van der Waals surface area contributed by atoms with Crippen molar-refractivity contribution < 1.29 is 14.5 Å². The fourth-order valence-electron chi connectivity index (χ4n) is 3.18. The lowest BCUT2D eigenvalue weighted by atomic mass is 10.0. The Kier molecular flexibility index (Phi) is 4.15. The minimum absolute atomic E-state index is 0.131. The molecule has 27 heavy (non-hydrogen) atoms. The van der Waals surface area contributed by atoms with Gasteiger partial charge in [0, 0.05) is 12.6 Å². The molecule has 1 aliphatic rings. The number of rotatable bonds is 5. The number of hydrogen-bond donors (Lipinski definition) is 0. The second kappa shape index (κ2) is 6.63. The van der Waals surface area contributed by atoms with Gasteiger partial charge in [-0.05, 0) is 18.9 Å². The number of carbonyl (C=O) groups excluding carboxylic acids is 1. The third kappa shape index (κ3) is 2.94. The number of nitro benzene ring substituents is 1. The summed E-state index contributed by atoms with van der Waals surface area (Å²) in [7, 11) is 0. The zero-order valence-corrected chi connectivity index (χ0v) is 14.1. The fourth-order valence-corrected chi connectivity index (χ4v) is 3.18. The molecule has 10 heteroatoms. The summed E-state index contributed by atoms with van der Waals surface area (Å²) >= 11 is 0. The predicted molar refractivity (Wildman–Crippen MR) is 93.5 cm³/mol. The summed E-state index contributed by atoms with van der Waals surface area (Å²) in [5.41, 5.74) is 0.0334. The van der Waals surface area contributed by atoms with Crippen LogP contribution in [0.2, 0.25) is 0 Å². The molecule has 1 unspecified atom stereocenters. The average Bonchev–Trinajstić information content (AvgIpc) is 3.27. The molecule has 138 valence electrons. The van der Waals surface area contributed by atoms with Gasteiger partial charge in [-0.25, -0.2) is 9.67 Å². The summed E-state index contributed by atoms with van der Waals surface area (Å²) < 4.78 is 7.63. The smallest absolute Gasteiger partial charge is 0.309 e. The average molecular weight is 369 g/mol. The number of nitrogens with zero attached hydrogens (tertiary/aromatic N) is 5. The van der Waals surface area contributed by atoms with Gasteiger partial charge in [-0.15, -0.1) is 0 Å². The van der Waals surface area contributed by atoms with Crippen LogP contribution in [-0.4, -0.2) is 36.8 Å². The van der Waals surface area contributed by atoms with Gasteiger partial charge in [-0.3, -0.25) is 24.3 Å². The largest absolute Gasteiger partial charge is 0.465 e. The van der Waals surface area contributed by atoms with Crippen molar-refractivity contribution in [2.45, 2.75) is 19.4 Å². The molecule has 1 aromatic carbocycles. The number of esters is 1. The third-order valence-corrected chi connectivity index (χ3v) is 4.62. The van der Waals surface area contributed by atoms with Crippen LogP contribution in [0, 0.1) is 16.0 Å². The Morgan fingerprint density at radius 2 is 2.11 bits per heavy atom. The normalized spacial score (nSPS) is 16.6. The molecule has 2 aromatic heterocycles. The Hall–Kier alpha value is -3.56. The van der Waals surface area contributed by atoms with Crippen LogP contribution in [0.3, 0.4) is 0 Å². The van der Waals surface area contributed by atoms with Gasteiger partial charge in [0.15, 0.2) is 5.65 Å². The first-order valence-electron chi connectivity index (χ1n) is 8.40. The van der Waals surface area contributed by atoms with Gasteiger partial charge in [-0.1, -0.05) is 12.1 Å². The topological polar surface area (TPSA) is 122 Å². The molecule has 0 spiro atoms. The molecule has 0 N–H and O–H groups in total. The Morgan fingerprint density at radius 1 is 1.30 bits per heavy atom. The Morgan fingerprint density at radius 3 is 2.85 bits per heavy atom. The molecule has 0 aliphatic carbocycles. The molecule has 0 amide bonds. The van der Waals surface area contributed by atoms with Crippen molar-refractivity contribution in [3.05, 3.63) is 57.3 Å². The van der Waals surface area contributed by atoms with Crippen LogP contribution in [-0.2, 0) is 16.1 Å². The van der Waals surface area contributed by atoms with E-state index in [1.54, 1.807) is 18.2 Å². The van der Waals surface area contributed by atoms with E-state index in [1.165, 1.54) is 27.8 Å². The second-order valence-electron chi connectivity index (χ2n) is 6.22. The Labute approximate surface area is 152 Å². The van der Waals surface area contributed by atoms with E-state index in [1.807, 2.05) is 0 Å². The van der Waals surface area contributed by atoms with E-state index < -0.39 is 4.92 Å². The number of carbonyl (C=O) groups is 1. The van der Waals surface area contributed by atoms with Crippen LogP contribution in [0.5, 0.6) is 0 Å². The van der Waals surface area contributed by atoms with E-state index in [4.69, 9.17) is 4.74 Å². The van der Waals surface area contributed by atoms with Crippen molar-refractivity contribution in [1.29, 1.82) is 0 Å². The van der Waals surface area contributed by atoms with Crippen LogP contribution < -0.4 is 5.56 Å². The van der Waals surface area contributed by atoms with Gasteiger partial charge in [0.05, 0.1) is 30.0 Å². The monoisotopic (exact) mass is 369 g/mol. The summed E-state index contributed by atoms with van der Waals surface area (Å²) in [6.07, 6.45) is 3.86. The molecule has 0 saturated carbocycles. The lowest BCUT2D eigenvalue weighted by molar-refractivity contribution is -0.384. The van der Waals surface area contributed by atoms with E-state index in [2.05, 4.69) is 10.1 Å². The number of aryl methyl sites for hydroxylation is 1. The van der Waals surface area contributed by atoms with Crippen LogP contribution in [0.4, 0.5) is 5.69 Å². The highest BCUT2D eigenvalue weighted by molar-refractivity contribution is 5.76. The number of aromatic nitrogens is 4. The van der Waals surface area contributed by atoms with Gasteiger partial charge in [0.1, 0.15) is 11.1 Å². The molecule has 3 heterocycles. The highest BCUT2D eigenvalue weighted by Crippen LogP contribution is 2.24. The van der Waals surface area contributed by atoms with Crippen LogP contribution in [0.15, 0.2) is 41.6 Å². The van der Waals surface area contributed by atoms with Crippen LogP contribution >= 0.6 is 0 Å². The van der Waals surface area contributed by atoms with Gasteiger partial charge in [-0.2, -0.15) is 5.10 Å². The van der Waals surface area contributed by atoms with Gasteiger partial charge >= 0.3 is 5.97 Å². The highest BCUT2D eigenvalue weighted by Gasteiger charge is 2.26. The van der Waals surface area contributed by atoms with E-state index in [-0.39, 0.29) is 39.9 Å². The van der Waals surface area contributed by atoms with Gasteiger partial charge in [0.25, 0.3) is 11.2 Å². The van der Waals surface area contributed by atoms with Crippen molar-refractivity contribution in [2.24, 2.45) is 5.92 Å². The number of fused-ring (bicyclic) bond motifs is 1. The number of benzene rings is 1. The van der Waals surface area contributed by atoms with Crippen molar-refractivity contribution in [3.63, 3.8) is 0 Å². The number of nitro groups is 1. The number of cyclic esters (lactones) is 1. The first-order valence-corrected chi connectivity index (χ1v) is 8.40. The molecule has 10 nitrogen and oxygen atoms in total. The van der Waals surface area contributed by atoms with Gasteiger partial charge < -0.3 is 4.74 Å². The van der Waals surface area contributed by atoms with Crippen LogP contribution in [0.1, 0.15) is 12.8 Å². The third-order valence-electron chi connectivity index (χ3n) is 4.62. The summed E-state index contributed by atoms with van der Waals surface area (Å²) in [5.74, 6) is -0.441. The highest BCUT2D eigenvalue weighted by atomic mass is 16.6. The predicted octanol–water partition coefficient (Wildman–Crippen LogP) is 1.44. The maximum Gasteiger partial charge on any atom is 0.309 e. The molecule has 1 aliphatic heterocycles. The molecule has 4 rings (SSSR count). The molecular weight excluding hydrogens is 354 g/mol. The molecule has 0 radical (unpaired) electrons.